The van der Waals surface area contributed by atoms with Crippen molar-refractivity contribution in [2.45, 2.75) is 39.5 Å². The molecule has 0 fully saturated rings. The molecule has 3 rings (SSSR count). The molecule has 2 aromatic rings. The maximum absolute atomic E-state index is 14.4. The Morgan fingerprint density at radius 2 is 1.48 bits per heavy atom. The molecule has 3 heteroatoms. The number of rotatable bonds is 3. The lowest BCUT2D eigenvalue weighted by Crippen LogP contribution is -2.09. The van der Waals surface area contributed by atoms with Crippen molar-refractivity contribution < 1.29 is 13.2 Å². The molecule has 0 spiro atoms. The van der Waals surface area contributed by atoms with Crippen LogP contribution in [-0.2, 0) is 25.7 Å². The van der Waals surface area contributed by atoms with E-state index < -0.39 is 11.6 Å². The average molecular weight is 316 g/mol. The molecule has 0 radical (unpaired) electrons. The lowest BCUT2D eigenvalue weighted by Gasteiger charge is -2.20. The van der Waals surface area contributed by atoms with Gasteiger partial charge in [0.1, 0.15) is 5.82 Å². The van der Waals surface area contributed by atoms with Crippen LogP contribution in [0.25, 0.3) is 5.57 Å². The average Bonchev–Trinajstić information content (AvgIpc) is 2.57. The van der Waals surface area contributed by atoms with Crippen LogP contribution in [0.5, 0.6) is 0 Å². The molecular weight excluding hydrogens is 297 g/mol. The molecule has 1 aliphatic rings. The van der Waals surface area contributed by atoms with Crippen LogP contribution < -0.4 is 0 Å². The first-order valence-electron chi connectivity index (χ1n) is 8.02. The molecule has 0 aliphatic heterocycles. The molecule has 0 nitrogen and oxygen atoms in total. The van der Waals surface area contributed by atoms with E-state index in [2.05, 4.69) is 0 Å². The van der Waals surface area contributed by atoms with Crippen LogP contribution in [-0.4, -0.2) is 0 Å². The predicted octanol–water partition coefficient (Wildman–Crippen LogP) is 5.41. The molecule has 0 heterocycles. The molecule has 0 saturated heterocycles. The van der Waals surface area contributed by atoms with Gasteiger partial charge in [0.15, 0.2) is 11.6 Å². The largest absolute Gasteiger partial charge is 0.206 e. The van der Waals surface area contributed by atoms with Crippen LogP contribution in [0.2, 0.25) is 0 Å². The molecule has 0 N–H and O–H groups in total. The Balaban J connectivity index is 1.99. The van der Waals surface area contributed by atoms with Crippen LogP contribution >= 0.6 is 0 Å². The second-order valence-electron chi connectivity index (χ2n) is 5.89. The molecular formula is C20H19F3. The van der Waals surface area contributed by atoms with Gasteiger partial charge >= 0.3 is 0 Å². The van der Waals surface area contributed by atoms with Crippen molar-refractivity contribution >= 4 is 5.57 Å². The normalized spacial score (nSPS) is 13.7. The number of fused-ring (bicyclic) bond motifs is 1. The molecule has 0 atom stereocenters. The fourth-order valence-corrected chi connectivity index (χ4v) is 3.19. The van der Waals surface area contributed by atoms with Gasteiger partial charge in [-0.15, -0.1) is 0 Å². The van der Waals surface area contributed by atoms with E-state index in [1.165, 1.54) is 0 Å². The Kier molecular flexibility index (Phi) is 4.29. The van der Waals surface area contributed by atoms with Gasteiger partial charge in [0.25, 0.3) is 0 Å². The van der Waals surface area contributed by atoms with Gasteiger partial charge in [-0.3, -0.25) is 0 Å². The van der Waals surface area contributed by atoms with E-state index in [1.54, 1.807) is 25.1 Å². The molecule has 2 aromatic carbocycles. The minimum absolute atomic E-state index is 0.159. The molecule has 0 saturated carbocycles. The Labute approximate surface area is 134 Å². The molecule has 0 bridgehead atoms. The highest BCUT2D eigenvalue weighted by Gasteiger charge is 2.21. The summed E-state index contributed by atoms with van der Waals surface area (Å²) in [7, 11) is 0. The third-order valence-electron chi connectivity index (χ3n) is 4.62. The van der Waals surface area contributed by atoms with Gasteiger partial charge in [-0.25, -0.2) is 13.2 Å². The van der Waals surface area contributed by atoms with Crippen molar-refractivity contribution in [1.82, 2.24) is 0 Å². The number of benzene rings is 2. The van der Waals surface area contributed by atoms with E-state index in [0.717, 1.165) is 11.1 Å². The summed E-state index contributed by atoms with van der Waals surface area (Å²) in [6.07, 6.45) is 3.76. The van der Waals surface area contributed by atoms with Crippen LogP contribution in [0.3, 0.4) is 0 Å². The van der Waals surface area contributed by atoms with Crippen LogP contribution in [0, 0.1) is 17.5 Å². The zero-order valence-electron chi connectivity index (χ0n) is 13.3. The Bertz CT molecular complexity index is 788. The molecule has 1 aliphatic carbocycles. The van der Waals surface area contributed by atoms with Crippen molar-refractivity contribution in [3.8, 4) is 0 Å². The summed E-state index contributed by atoms with van der Waals surface area (Å²) in [5.74, 6) is -1.73. The number of hydrogen-bond acceptors (Lipinski definition) is 0. The minimum atomic E-state index is -0.801. The Morgan fingerprint density at radius 3 is 2.17 bits per heavy atom. The molecule has 120 valence electrons. The zero-order valence-corrected chi connectivity index (χ0v) is 13.3. The van der Waals surface area contributed by atoms with Crippen molar-refractivity contribution in [2.75, 3.05) is 0 Å². The Morgan fingerprint density at radius 1 is 0.826 bits per heavy atom. The summed E-state index contributed by atoms with van der Waals surface area (Å²) in [5, 5.41) is 0. The van der Waals surface area contributed by atoms with Gasteiger partial charge in [0.2, 0.25) is 0 Å². The van der Waals surface area contributed by atoms with E-state index in [4.69, 9.17) is 0 Å². The highest BCUT2D eigenvalue weighted by atomic mass is 19.2. The third kappa shape index (κ3) is 2.69. The van der Waals surface area contributed by atoms with Gasteiger partial charge in [0.05, 0.1) is 0 Å². The number of aryl methyl sites for hydroxylation is 2. The van der Waals surface area contributed by atoms with Crippen molar-refractivity contribution in [2.24, 2.45) is 0 Å². The topological polar surface area (TPSA) is 0 Å². The highest BCUT2D eigenvalue weighted by Crippen LogP contribution is 2.32. The van der Waals surface area contributed by atoms with Gasteiger partial charge < -0.3 is 0 Å². The predicted molar refractivity (Wildman–Crippen MR) is 86.9 cm³/mol. The van der Waals surface area contributed by atoms with Gasteiger partial charge in [0, 0.05) is 5.56 Å². The van der Waals surface area contributed by atoms with Crippen LogP contribution in [0.1, 0.15) is 41.7 Å². The van der Waals surface area contributed by atoms with Gasteiger partial charge in [-0.2, -0.15) is 0 Å². The lowest BCUT2D eigenvalue weighted by atomic mass is 9.86. The quantitative estimate of drug-likeness (QED) is 0.710. The SMILES string of the molecule is CCc1ccc(C2=CCc3c(ccc(CC)c3F)C2)c(F)c1F. The highest BCUT2D eigenvalue weighted by molar-refractivity contribution is 5.71. The second-order valence-corrected chi connectivity index (χ2v) is 5.89. The van der Waals surface area contributed by atoms with Crippen LogP contribution in [0.15, 0.2) is 30.3 Å². The van der Waals surface area contributed by atoms with Crippen molar-refractivity contribution in [3.63, 3.8) is 0 Å². The van der Waals surface area contributed by atoms with E-state index in [9.17, 15) is 13.2 Å². The molecule has 23 heavy (non-hydrogen) atoms. The monoisotopic (exact) mass is 316 g/mol. The molecule has 0 aromatic heterocycles. The zero-order chi connectivity index (χ0) is 16.6. The number of hydrogen-bond donors (Lipinski definition) is 0. The Hall–Kier alpha value is -2.03. The van der Waals surface area contributed by atoms with Gasteiger partial charge in [-0.05, 0) is 53.5 Å². The summed E-state index contributed by atoms with van der Waals surface area (Å²) in [6, 6.07) is 6.95. The smallest absolute Gasteiger partial charge is 0.166 e. The fourth-order valence-electron chi connectivity index (χ4n) is 3.19. The standard InChI is InChI=1S/C20H19F3/c1-3-12-5-6-14-11-15(8-10-16(14)18(12)21)17-9-7-13(4-2)19(22)20(17)23/h5-9H,3-4,10-11H2,1-2H3. The van der Waals surface area contributed by atoms with Crippen LogP contribution in [0.4, 0.5) is 13.2 Å². The number of allylic oxidation sites excluding steroid dienone is 2. The van der Waals surface area contributed by atoms with Crippen molar-refractivity contribution in [1.29, 1.82) is 0 Å². The fraction of sp³-hybridized carbons (Fsp3) is 0.300. The summed E-state index contributed by atoms with van der Waals surface area (Å²) >= 11 is 0. The van der Waals surface area contributed by atoms with Gasteiger partial charge in [-0.1, -0.05) is 44.2 Å². The minimum Gasteiger partial charge on any atom is -0.206 e. The maximum Gasteiger partial charge on any atom is 0.166 e. The lowest BCUT2D eigenvalue weighted by molar-refractivity contribution is 0.497. The molecule has 0 unspecified atom stereocenters. The first-order chi connectivity index (χ1) is 11.1. The number of halogens is 3. The summed E-state index contributed by atoms with van der Waals surface area (Å²) in [6.45, 7) is 3.71. The summed E-state index contributed by atoms with van der Waals surface area (Å²) in [5.41, 5.74) is 3.62. The van der Waals surface area contributed by atoms with E-state index in [0.29, 0.717) is 42.4 Å². The van der Waals surface area contributed by atoms with Crippen molar-refractivity contribution in [3.05, 3.63) is 75.6 Å². The third-order valence-corrected chi connectivity index (χ3v) is 4.62. The van der Waals surface area contributed by atoms with E-state index in [1.807, 2.05) is 19.1 Å². The van der Waals surface area contributed by atoms with E-state index >= 15 is 0 Å². The first kappa shape index (κ1) is 15.9. The summed E-state index contributed by atoms with van der Waals surface area (Å²) < 4.78 is 42.7. The second kappa shape index (κ2) is 6.23. The first-order valence-corrected chi connectivity index (χ1v) is 8.02. The summed E-state index contributed by atoms with van der Waals surface area (Å²) in [4.78, 5) is 0. The maximum atomic E-state index is 14.4. The van der Waals surface area contributed by atoms with E-state index in [-0.39, 0.29) is 11.4 Å². The molecule has 0 amide bonds.